The van der Waals surface area contributed by atoms with Crippen LogP contribution in [0.3, 0.4) is 0 Å². The van der Waals surface area contributed by atoms with Crippen LogP contribution in [-0.2, 0) is 11.3 Å². The molecule has 1 aliphatic rings. The highest BCUT2D eigenvalue weighted by Gasteiger charge is 2.15. The van der Waals surface area contributed by atoms with Crippen molar-refractivity contribution < 1.29 is 9.13 Å². The van der Waals surface area contributed by atoms with E-state index in [0.29, 0.717) is 31.1 Å². The number of hydrogen-bond donors (Lipinski definition) is 1. The monoisotopic (exact) mass is 378 g/mol. The van der Waals surface area contributed by atoms with Crippen LogP contribution in [0.2, 0.25) is 0 Å². The number of halogens is 1. The molecule has 1 fully saturated rings. The average molecular weight is 378 g/mol. The van der Waals surface area contributed by atoms with Gasteiger partial charge >= 0.3 is 0 Å². The van der Waals surface area contributed by atoms with Gasteiger partial charge in [-0.05, 0) is 36.8 Å². The van der Waals surface area contributed by atoms with E-state index >= 15 is 0 Å². The van der Waals surface area contributed by atoms with Crippen LogP contribution in [0.1, 0.15) is 16.8 Å². The lowest BCUT2D eigenvalue weighted by Crippen LogP contribution is -2.36. The molecule has 0 atom stereocenters. The number of nitriles is 1. The molecule has 8 heteroatoms. The number of fused-ring (bicyclic) bond motifs is 1. The Morgan fingerprint density at radius 1 is 1.18 bits per heavy atom. The highest BCUT2D eigenvalue weighted by Crippen LogP contribution is 2.27. The number of aryl methyl sites for hydroxylation is 1. The third kappa shape index (κ3) is 3.70. The Bertz CT molecular complexity index is 1060. The molecule has 3 aromatic rings. The molecule has 0 aliphatic carbocycles. The maximum absolute atomic E-state index is 13.7. The van der Waals surface area contributed by atoms with Gasteiger partial charge in [-0.3, -0.25) is 0 Å². The van der Waals surface area contributed by atoms with Crippen LogP contribution in [0.15, 0.2) is 30.5 Å². The smallest absolute Gasteiger partial charge is 0.157 e. The number of ether oxygens (including phenoxy) is 1. The molecule has 3 heterocycles. The van der Waals surface area contributed by atoms with Gasteiger partial charge in [-0.2, -0.15) is 10.4 Å². The van der Waals surface area contributed by atoms with E-state index in [9.17, 15) is 4.39 Å². The molecule has 0 unspecified atom stereocenters. The van der Waals surface area contributed by atoms with Crippen LogP contribution in [0, 0.1) is 24.1 Å². The van der Waals surface area contributed by atoms with Crippen LogP contribution < -0.4 is 10.2 Å². The molecule has 7 nitrogen and oxygen atoms in total. The van der Waals surface area contributed by atoms with Crippen molar-refractivity contribution in [2.24, 2.45) is 0 Å². The van der Waals surface area contributed by atoms with Crippen LogP contribution in [-0.4, -0.2) is 41.5 Å². The minimum absolute atomic E-state index is 0.287. The van der Waals surface area contributed by atoms with Crippen molar-refractivity contribution in [3.63, 3.8) is 0 Å². The van der Waals surface area contributed by atoms with Gasteiger partial charge in [-0.25, -0.2) is 9.37 Å². The number of hydrogen-bond acceptors (Lipinski definition) is 7. The zero-order valence-corrected chi connectivity index (χ0v) is 15.4. The van der Waals surface area contributed by atoms with Gasteiger partial charge in [0.25, 0.3) is 0 Å². The topological polar surface area (TPSA) is 87.0 Å². The van der Waals surface area contributed by atoms with Crippen molar-refractivity contribution in [3.05, 3.63) is 53.1 Å². The minimum Gasteiger partial charge on any atom is -0.378 e. The summed E-state index contributed by atoms with van der Waals surface area (Å²) >= 11 is 0. The molecule has 142 valence electrons. The number of benzene rings is 1. The lowest BCUT2D eigenvalue weighted by molar-refractivity contribution is 0.122. The fraction of sp³-hybridized carbons (Fsp3) is 0.300. The third-order valence-electron chi connectivity index (χ3n) is 4.72. The summed E-state index contributed by atoms with van der Waals surface area (Å²) in [6.07, 6.45) is 1.81. The van der Waals surface area contributed by atoms with E-state index in [4.69, 9.17) is 10.00 Å². The first kappa shape index (κ1) is 18.1. The molecular weight excluding hydrogens is 359 g/mol. The lowest BCUT2D eigenvalue weighted by Gasteiger charge is -2.28. The van der Waals surface area contributed by atoms with Crippen molar-refractivity contribution in [1.82, 2.24) is 15.2 Å². The first-order valence-corrected chi connectivity index (χ1v) is 9.03. The van der Waals surface area contributed by atoms with Gasteiger partial charge in [0.1, 0.15) is 11.6 Å². The van der Waals surface area contributed by atoms with Crippen LogP contribution >= 0.6 is 0 Å². The Morgan fingerprint density at radius 2 is 2.00 bits per heavy atom. The highest BCUT2D eigenvalue weighted by molar-refractivity contribution is 5.94. The molecule has 1 aromatic carbocycles. The number of nitrogens with one attached hydrogen (secondary N) is 1. The van der Waals surface area contributed by atoms with Crippen molar-refractivity contribution in [2.45, 2.75) is 13.5 Å². The van der Waals surface area contributed by atoms with Crippen molar-refractivity contribution >= 4 is 22.4 Å². The molecule has 0 radical (unpaired) electrons. The molecule has 0 bridgehead atoms. The molecule has 1 N–H and O–H groups in total. The summed E-state index contributed by atoms with van der Waals surface area (Å²) in [4.78, 5) is 6.75. The number of anilines is 2. The third-order valence-corrected chi connectivity index (χ3v) is 4.72. The standard InChI is InChI=1S/C20H19FN6O/c1-13-18-12-23-19(27-2-4-28-5-3-27)9-17(18)20(26-25-13)24-11-15-6-14(10-22)7-16(21)8-15/h6-9,12H,2-5,11H2,1H3,(H,24,26). The van der Waals surface area contributed by atoms with E-state index in [1.807, 2.05) is 25.3 Å². The van der Waals surface area contributed by atoms with Gasteiger partial charge in [0.15, 0.2) is 5.82 Å². The molecule has 0 spiro atoms. The lowest BCUT2D eigenvalue weighted by atomic mass is 10.1. The Kier molecular flexibility index (Phi) is 5.00. The summed E-state index contributed by atoms with van der Waals surface area (Å²) in [5.74, 6) is 1.03. The van der Waals surface area contributed by atoms with Crippen LogP contribution in [0.5, 0.6) is 0 Å². The molecule has 1 saturated heterocycles. The minimum atomic E-state index is -0.436. The van der Waals surface area contributed by atoms with Gasteiger partial charge in [0.05, 0.1) is 30.5 Å². The largest absolute Gasteiger partial charge is 0.378 e. The number of pyridine rings is 1. The Labute approximate surface area is 161 Å². The van der Waals surface area contributed by atoms with Gasteiger partial charge in [0.2, 0.25) is 0 Å². The summed E-state index contributed by atoms with van der Waals surface area (Å²) in [6.45, 7) is 5.16. The zero-order valence-electron chi connectivity index (χ0n) is 15.4. The second-order valence-corrected chi connectivity index (χ2v) is 6.64. The predicted molar refractivity (Wildman–Crippen MR) is 104 cm³/mol. The summed E-state index contributed by atoms with van der Waals surface area (Å²) in [5.41, 5.74) is 1.74. The van der Waals surface area contributed by atoms with Gasteiger partial charge < -0.3 is 15.0 Å². The first-order valence-electron chi connectivity index (χ1n) is 9.03. The molecular formula is C20H19FN6O. The van der Waals surface area contributed by atoms with E-state index in [1.54, 1.807) is 6.07 Å². The molecule has 0 saturated carbocycles. The zero-order chi connectivity index (χ0) is 19.5. The predicted octanol–water partition coefficient (Wildman–Crippen LogP) is 2.79. The summed E-state index contributed by atoms with van der Waals surface area (Å²) in [5, 5.41) is 22.5. The summed E-state index contributed by atoms with van der Waals surface area (Å²) < 4.78 is 19.1. The van der Waals surface area contributed by atoms with E-state index in [2.05, 4.69) is 25.4 Å². The average Bonchev–Trinajstić information content (AvgIpc) is 2.73. The maximum atomic E-state index is 13.7. The molecule has 1 aliphatic heterocycles. The Hall–Kier alpha value is -3.31. The molecule has 0 amide bonds. The van der Waals surface area contributed by atoms with Gasteiger partial charge in [-0.1, -0.05) is 0 Å². The molecule has 28 heavy (non-hydrogen) atoms. The Balaban J connectivity index is 1.65. The second-order valence-electron chi connectivity index (χ2n) is 6.64. The summed E-state index contributed by atoms with van der Waals surface area (Å²) in [6, 6.07) is 8.23. The fourth-order valence-corrected chi connectivity index (χ4v) is 3.26. The van der Waals surface area contributed by atoms with Crippen LogP contribution in [0.25, 0.3) is 10.8 Å². The van der Waals surface area contributed by atoms with E-state index in [0.717, 1.165) is 35.4 Å². The normalized spacial score (nSPS) is 14.1. The second kappa shape index (κ2) is 7.74. The molecule has 2 aromatic heterocycles. The van der Waals surface area contributed by atoms with Crippen molar-refractivity contribution in [2.75, 3.05) is 36.5 Å². The quantitative estimate of drug-likeness (QED) is 0.747. The fourth-order valence-electron chi connectivity index (χ4n) is 3.26. The number of rotatable bonds is 4. The summed E-state index contributed by atoms with van der Waals surface area (Å²) in [7, 11) is 0. The van der Waals surface area contributed by atoms with Gasteiger partial charge in [-0.15, -0.1) is 5.10 Å². The Morgan fingerprint density at radius 3 is 2.79 bits per heavy atom. The number of nitrogens with zero attached hydrogens (tertiary/aromatic N) is 5. The van der Waals surface area contributed by atoms with E-state index in [1.165, 1.54) is 12.1 Å². The van der Waals surface area contributed by atoms with Crippen molar-refractivity contribution in [1.29, 1.82) is 5.26 Å². The SMILES string of the molecule is Cc1nnc(NCc2cc(F)cc(C#N)c2)c2cc(N3CCOCC3)ncc12. The van der Waals surface area contributed by atoms with Crippen LogP contribution in [0.4, 0.5) is 16.0 Å². The number of morpholine rings is 1. The maximum Gasteiger partial charge on any atom is 0.157 e. The highest BCUT2D eigenvalue weighted by atomic mass is 19.1. The van der Waals surface area contributed by atoms with E-state index < -0.39 is 5.82 Å². The van der Waals surface area contributed by atoms with Gasteiger partial charge in [0, 0.05) is 36.6 Å². The first-order chi connectivity index (χ1) is 13.6. The number of aromatic nitrogens is 3. The molecule has 4 rings (SSSR count). The van der Waals surface area contributed by atoms with E-state index in [-0.39, 0.29) is 5.56 Å². The van der Waals surface area contributed by atoms with Crippen molar-refractivity contribution in [3.8, 4) is 6.07 Å².